The topological polar surface area (TPSA) is 38.3 Å². The lowest BCUT2D eigenvalue weighted by molar-refractivity contribution is 0.0600. The van der Waals surface area contributed by atoms with E-state index in [0.717, 1.165) is 0 Å². The minimum atomic E-state index is -0.265. The van der Waals surface area contributed by atoms with Crippen LogP contribution in [0.25, 0.3) is 0 Å². The van der Waals surface area contributed by atoms with E-state index < -0.39 is 0 Å². The lowest BCUT2D eigenvalue weighted by Gasteiger charge is -2.39. The van der Waals surface area contributed by atoms with Gasteiger partial charge in [-0.2, -0.15) is 0 Å². The first-order valence-corrected chi connectivity index (χ1v) is 9.56. The highest BCUT2D eigenvalue weighted by Gasteiger charge is 2.41. The molecule has 0 spiro atoms. The predicted octanol–water partition coefficient (Wildman–Crippen LogP) is 5.45. The van der Waals surface area contributed by atoms with Gasteiger partial charge in [0.1, 0.15) is 0 Å². The highest BCUT2D eigenvalue weighted by molar-refractivity contribution is 5.90. The molecular weight excluding hydrogens is 322 g/mol. The number of carbonyl (C=O) groups is 1. The van der Waals surface area contributed by atoms with Crippen LogP contribution in [0.4, 0.5) is 5.69 Å². The summed E-state index contributed by atoms with van der Waals surface area (Å²) in [5.41, 5.74) is 8.43. The van der Waals surface area contributed by atoms with Crippen molar-refractivity contribution < 1.29 is 9.53 Å². The third-order valence-corrected chi connectivity index (χ3v) is 6.24. The lowest BCUT2D eigenvalue weighted by Crippen LogP contribution is -2.30. The molecule has 0 aromatic heterocycles. The van der Waals surface area contributed by atoms with Crippen molar-refractivity contribution in [2.24, 2.45) is 5.92 Å². The maximum Gasteiger partial charge on any atom is 0.337 e. The predicted molar refractivity (Wildman–Crippen MR) is 105 cm³/mol. The largest absolute Gasteiger partial charge is 0.465 e. The Morgan fingerprint density at radius 3 is 2.50 bits per heavy atom. The van der Waals surface area contributed by atoms with E-state index in [2.05, 4.69) is 44.3 Å². The fraction of sp³-hybridized carbons (Fsp3) is 0.435. The zero-order chi connectivity index (χ0) is 18.4. The molecule has 2 aromatic carbocycles. The van der Waals surface area contributed by atoms with Gasteiger partial charge >= 0.3 is 5.97 Å². The highest BCUT2D eigenvalue weighted by Crippen LogP contribution is 2.53. The summed E-state index contributed by atoms with van der Waals surface area (Å²) < 4.78 is 4.90. The van der Waals surface area contributed by atoms with Gasteiger partial charge in [-0.05, 0) is 85.9 Å². The first-order valence-electron chi connectivity index (χ1n) is 9.56. The Bertz CT molecular complexity index is 848. The van der Waals surface area contributed by atoms with E-state index in [1.165, 1.54) is 59.9 Å². The van der Waals surface area contributed by atoms with Crippen molar-refractivity contribution in [3.05, 3.63) is 63.7 Å². The SMILES string of the molecule is COC(=O)c1cc(C)c([C@H]2Nc3ccc(C)cc3[C@@H]3CCC[C@H]23)c(C)c1. The van der Waals surface area contributed by atoms with E-state index in [0.29, 0.717) is 23.4 Å². The number of nitrogens with one attached hydrogen (secondary N) is 1. The number of carbonyl (C=O) groups excluding carboxylic acids is 1. The molecule has 1 fully saturated rings. The summed E-state index contributed by atoms with van der Waals surface area (Å²) in [6.07, 6.45) is 3.82. The molecule has 2 aliphatic rings. The van der Waals surface area contributed by atoms with Crippen molar-refractivity contribution in [3.8, 4) is 0 Å². The fourth-order valence-electron chi connectivity index (χ4n) is 5.16. The maximum atomic E-state index is 11.9. The molecule has 1 aliphatic carbocycles. The Hall–Kier alpha value is -2.29. The van der Waals surface area contributed by atoms with Gasteiger partial charge < -0.3 is 10.1 Å². The maximum absolute atomic E-state index is 11.9. The van der Waals surface area contributed by atoms with Crippen molar-refractivity contribution in [1.29, 1.82) is 0 Å². The average Bonchev–Trinajstić information content (AvgIpc) is 3.11. The molecule has 3 heteroatoms. The molecule has 2 aromatic rings. The van der Waals surface area contributed by atoms with Crippen molar-refractivity contribution in [2.45, 2.75) is 52.0 Å². The molecule has 0 radical (unpaired) electrons. The first-order chi connectivity index (χ1) is 12.5. The normalized spacial score (nSPS) is 23.8. The average molecular weight is 349 g/mol. The summed E-state index contributed by atoms with van der Waals surface area (Å²) in [4.78, 5) is 11.9. The molecule has 0 bridgehead atoms. The van der Waals surface area contributed by atoms with Gasteiger partial charge in [0.05, 0.1) is 18.7 Å². The van der Waals surface area contributed by atoms with Crippen LogP contribution in [0.1, 0.15) is 69.4 Å². The molecule has 0 amide bonds. The number of aryl methyl sites for hydroxylation is 3. The number of fused-ring (bicyclic) bond motifs is 3. The number of ether oxygens (including phenoxy) is 1. The Kier molecular flexibility index (Phi) is 4.26. The summed E-state index contributed by atoms with van der Waals surface area (Å²) in [7, 11) is 1.44. The number of esters is 1. The van der Waals surface area contributed by atoms with E-state index in [1.807, 2.05) is 12.1 Å². The van der Waals surface area contributed by atoms with Crippen molar-refractivity contribution in [3.63, 3.8) is 0 Å². The van der Waals surface area contributed by atoms with E-state index in [9.17, 15) is 4.79 Å². The van der Waals surface area contributed by atoms with Crippen LogP contribution < -0.4 is 5.32 Å². The zero-order valence-corrected chi connectivity index (χ0v) is 16.1. The molecular formula is C23H27NO2. The molecule has 4 rings (SSSR count). The van der Waals surface area contributed by atoms with E-state index in [1.54, 1.807) is 0 Å². The fourth-order valence-corrected chi connectivity index (χ4v) is 5.16. The van der Waals surface area contributed by atoms with Gasteiger partial charge in [-0.1, -0.05) is 24.1 Å². The molecule has 136 valence electrons. The quantitative estimate of drug-likeness (QED) is 0.733. The molecule has 1 saturated carbocycles. The monoisotopic (exact) mass is 349 g/mol. The van der Waals surface area contributed by atoms with Crippen LogP contribution >= 0.6 is 0 Å². The van der Waals surface area contributed by atoms with Crippen LogP contribution in [0.15, 0.2) is 30.3 Å². The Morgan fingerprint density at radius 2 is 1.81 bits per heavy atom. The summed E-state index contributed by atoms with van der Waals surface area (Å²) in [5, 5.41) is 3.84. The summed E-state index contributed by atoms with van der Waals surface area (Å²) in [6, 6.07) is 11.1. The van der Waals surface area contributed by atoms with Crippen LogP contribution in [0.3, 0.4) is 0 Å². The number of hydrogen-bond acceptors (Lipinski definition) is 3. The number of anilines is 1. The van der Waals surface area contributed by atoms with E-state index in [4.69, 9.17) is 4.74 Å². The number of benzene rings is 2. The number of rotatable bonds is 2. The van der Waals surface area contributed by atoms with Crippen molar-refractivity contribution >= 4 is 11.7 Å². The molecule has 1 heterocycles. The third kappa shape index (κ3) is 2.70. The van der Waals surface area contributed by atoms with Crippen LogP contribution in [-0.2, 0) is 4.74 Å². The minimum Gasteiger partial charge on any atom is -0.465 e. The highest BCUT2D eigenvalue weighted by atomic mass is 16.5. The number of methoxy groups -OCH3 is 1. The molecule has 0 unspecified atom stereocenters. The van der Waals surface area contributed by atoms with Gasteiger partial charge in [-0.3, -0.25) is 0 Å². The van der Waals surface area contributed by atoms with Crippen LogP contribution in [0.2, 0.25) is 0 Å². The third-order valence-electron chi connectivity index (χ3n) is 6.24. The van der Waals surface area contributed by atoms with Crippen molar-refractivity contribution in [2.75, 3.05) is 12.4 Å². The smallest absolute Gasteiger partial charge is 0.337 e. The summed E-state index contributed by atoms with van der Waals surface area (Å²) in [6.45, 7) is 6.41. The van der Waals surface area contributed by atoms with Gasteiger partial charge in [0, 0.05) is 5.69 Å². The van der Waals surface area contributed by atoms with Gasteiger partial charge in [-0.15, -0.1) is 0 Å². The molecule has 3 nitrogen and oxygen atoms in total. The van der Waals surface area contributed by atoms with Crippen LogP contribution in [-0.4, -0.2) is 13.1 Å². The van der Waals surface area contributed by atoms with Gasteiger partial charge in [0.2, 0.25) is 0 Å². The first kappa shape index (κ1) is 17.1. The Labute approximate surface area is 155 Å². The summed E-state index contributed by atoms with van der Waals surface area (Å²) >= 11 is 0. The van der Waals surface area contributed by atoms with Gasteiger partial charge in [0.15, 0.2) is 0 Å². The summed E-state index contributed by atoms with van der Waals surface area (Å²) in [5.74, 6) is 0.986. The van der Waals surface area contributed by atoms with Gasteiger partial charge in [-0.25, -0.2) is 4.79 Å². The molecule has 1 aliphatic heterocycles. The minimum absolute atomic E-state index is 0.265. The second kappa shape index (κ2) is 6.46. The van der Waals surface area contributed by atoms with Crippen molar-refractivity contribution in [1.82, 2.24) is 0 Å². The standard InChI is InChI=1S/C23H27NO2/c1-13-8-9-20-19(10-13)17-6-5-7-18(17)22(24-20)21-14(2)11-16(12-15(21)3)23(25)26-4/h8-12,17-18,22,24H,5-7H2,1-4H3/t17-,18+,22+/m1/s1. The molecule has 0 saturated heterocycles. The van der Waals surface area contributed by atoms with Gasteiger partial charge in [0.25, 0.3) is 0 Å². The lowest BCUT2D eigenvalue weighted by atomic mass is 9.75. The number of hydrogen-bond donors (Lipinski definition) is 1. The molecule has 1 N–H and O–H groups in total. The Morgan fingerprint density at radius 1 is 1.08 bits per heavy atom. The zero-order valence-electron chi connectivity index (χ0n) is 16.1. The van der Waals surface area contributed by atoms with E-state index in [-0.39, 0.29) is 5.97 Å². The second-order valence-corrected chi connectivity index (χ2v) is 7.93. The second-order valence-electron chi connectivity index (χ2n) is 7.93. The molecule has 26 heavy (non-hydrogen) atoms. The van der Waals surface area contributed by atoms with E-state index >= 15 is 0 Å². The Balaban J connectivity index is 1.79. The van der Waals surface area contributed by atoms with Crippen LogP contribution in [0, 0.1) is 26.7 Å². The molecule has 3 atom stereocenters. The van der Waals surface area contributed by atoms with Crippen LogP contribution in [0.5, 0.6) is 0 Å².